The van der Waals surface area contributed by atoms with Crippen molar-refractivity contribution in [2.45, 2.75) is 32.8 Å². The summed E-state index contributed by atoms with van der Waals surface area (Å²) >= 11 is 0. The van der Waals surface area contributed by atoms with Gasteiger partial charge in [-0.3, -0.25) is 4.79 Å². The fraction of sp³-hybridized carbons (Fsp3) is 0.316. The number of anilines is 1. The van der Waals surface area contributed by atoms with E-state index in [0.29, 0.717) is 17.4 Å². The Bertz CT molecular complexity index is 650. The van der Waals surface area contributed by atoms with Crippen LogP contribution >= 0.6 is 0 Å². The van der Waals surface area contributed by atoms with Gasteiger partial charge in [0.2, 0.25) is 0 Å². The lowest BCUT2D eigenvalue weighted by Gasteiger charge is -2.15. The van der Waals surface area contributed by atoms with E-state index >= 15 is 0 Å². The Labute approximate surface area is 137 Å². The number of ether oxygens (including phenoxy) is 2. The standard InChI is InChI=1S/C19H23NO3/c1-13(2)15-8-10-16(11-9-15)20-19(21)14(3)23-18-7-5-6-17(12-18)22-4/h5-14H,1-4H3,(H,20,21). The van der Waals surface area contributed by atoms with Crippen molar-refractivity contribution in [3.05, 3.63) is 54.1 Å². The molecule has 2 aromatic rings. The summed E-state index contributed by atoms with van der Waals surface area (Å²) in [5.41, 5.74) is 2.00. The average molecular weight is 313 g/mol. The minimum absolute atomic E-state index is 0.190. The quantitative estimate of drug-likeness (QED) is 0.868. The van der Waals surface area contributed by atoms with Crippen molar-refractivity contribution < 1.29 is 14.3 Å². The first-order chi connectivity index (χ1) is 11.0. The van der Waals surface area contributed by atoms with Gasteiger partial charge in [-0.15, -0.1) is 0 Å². The lowest BCUT2D eigenvalue weighted by atomic mass is 10.0. The number of hydrogen-bond donors (Lipinski definition) is 1. The summed E-state index contributed by atoms with van der Waals surface area (Å²) in [5.74, 6) is 1.57. The molecule has 122 valence electrons. The highest BCUT2D eigenvalue weighted by atomic mass is 16.5. The number of carbonyl (C=O) groups is 1. The Hall–Kier alpha value is -2.49. The van der Waals surface area contributed by atoms with Gasteiger partial charge < -0.3 is 14.8 Å². The second-order valence-electron chi connectivity index (χ2n) is 5.71. The summed E-state index contributed by atoms with van der Waals surface area (Å²) in [5, 5.41) is 2.86. The largest absolute Gasteiger partial charge is 0.497 e. The third-order valence-electron chi connectivity index (χ3n) is 3.57. The molecule has 23 heavy (non-hydrogen) atoms. The molecule has 1 amide bonds. The van der Waals surface area contributed by atoms with E-state index in [1.165, 1.54) is 5.56 Å². The van der Waals surface area contributed by atoms with Crippen LogP contribution in [-0.4, -0.2) is 19.1 Å². The molecular weight excluding hydrogens is 290 g/mol. The van der Waals surface area contributed by atoms with Crippen LogP contribution in [0.4, 0.5) is 5.69 Å². The maximum Gasteiger partial charge on any atom is 0.265 e. The van der Waals surface area contributed by atoms with Crippen molar-refractivity contribution in [2.24, 2.45) is 0 Å². The van der Waals surface area contributed by atoms with E-state index in [4.69, 9.17) is 9.47 Å². The zero-order valence-corrected chi connectivity index (χ0v) is 14.0. The Kier molecular flexibility index (Phi) is 5.63. The van der Waals surface area contributed by atoms with Crippen molar-refractivity contribution in [3.8, 4) is 11.5 Å². The monoisotopic (exact) mass is 313 g/mol. The number of rotatable bonds is 6. The molecule has 4 heteroatoms. The summed E-state index contributed by atoms with van der Waals surface area (Å²) in [6, 6.07) is 15.1. The summed E-state index contributed by atoms with van der Waals surface area (Å²) < 4.78 is 10.8. The Balaban J connectivity index is 1.96. The fourth-order valence-electron chi connectivity index (χ4n) is 2.13. The molecule has 1 N–H and O–H groups in total. The van der Waals surface area contributed by atoms with Gasteiger partial charge in [-0.2, -0.15) is 0 Å². The number of hydrogen-bond acceptors (Lipinski definition) is 3. The van der Waals surface area contributed by atoms with Crippen LogP contribution in [0.5, 0.6) is 11.5 Å². The van der Waals surface area contributed by atoms with Crippen molar-refractivity contribution >= 4 is 11.6 Å². The smallest absolute Gasteiger partial charge is 0.265 e. The Morgan fingerprint density at radius 2 is 1.65 bits per heavy atom. The van der Waals surface area contributed by atoms with E-state index in [9.17, 15) is 4.79 Å². The number of carbonyl (C=O) groups excluding carboxylic acids is 1. The maximum atomic E-state index is 12.2. The molecule has 2 aromatic carbocycles. The molecule has 0 saturated heterocycles. The van der Waals surface area contributed by atoms with Gasteiger partial charge in [0.15, 0.2) is 6.10 Å². The minimum atomic E-state index is -0.605. The van der Waals surface area contributed by atoms with Crippen molar-refractivity contribution in [1.29, 1.82) is 0 Å². The molecule has 0 spiro atoms. The van der Waals surface area contributed by atoms with Gasteiger partial charge in [-0.05, 0) is 42.7 Å². The minimum Gasteiger partial charge on any atom is -0.497 e. The normalized spacial score (nSPS) is 11.9. The topological polar surface area (TPSA) is 47.6 Å². The van der Waals surface area contributed by atoms with Gasteiger partial charge in [0, 0.05) is 11.8 Å². The van der Waals surface area contributed by atoms with E-state index in [0.717, 1.165) is 5.69 Å². The zero-order chi connectivity index (χ0) is 16.8. The van der Waals surface area contributed by atoms with Crippen molar-refractivity contribution in [1.82, 2.24) is 0 Å². The van der Waals surface area contributed by atoms with Crippen LogP contribution < -0.4 is 14.8 Å². The van der Waals surface area contributed by atoms with E-state index in [-0.39, 0.29) is 5.91 Å². The van der Waals surface area contributed by atoms with E-state index in [2.05, 4.69) is 19.2 Å². The van der Waals surface area contributed by atoms with Crippen LogP contribution in [0.15, 0.2) is 48.5 Å². The molecule has 0 fully saturated rings. The molecule has 4 nitrogen and oxygen atoms in total. The average Bonchev–Trinajstić information content (AvgIpc) is 2.55. The maximum absolute atomic E-state index is 12.2. The van der Waals surface area contributed by atoms with Gasteiger partial charge in [-0.25, -0.2) is 0 Å². The number of amides is 1. The highest BCUT2D eigenvalue weighted by Gasteiger charge is 2.15. The fourth-order valence-corrected chi connectivity index (χ4v) is 2.13. The third kappa shape index (κ3) is 4.74. The molecule has 0 aliphatic heterocycles. The van der Waals surface area contributed by atoms with Crippen LogP contribution in [0.3, 0.4) is 0 Å². The van der Waals surface area contributed by atoms with E-state index < -0.39 is 6.10 Å². The Morgan fingerprint density at radius 1 is 1.00 bits per heavy atom. The molecule has 1 unspecified atom stereocenters. The summed E-state index contributed by atoms with van der Waals surface area (Å²) in [6.45, 7) is 5.99. The van der Waals surface area contributed by atoms with Gasteiger partial charge in [0.05, 0.1) is 7.11 Å². The van der Waals surface area contributed by atoms with Crippen LogP contribution in [0.25, 0.3) is 0 Å². The second kappa shape index (κ2) is 7.68. The van der Waals surface area contributed by atoms with Crippen LogP contribution in [0, 0.1) is 0 Å². The van der Waals surface area contributed by atoms with Gasteiger partial charge in [0.25, 0.3) is 5.91 Å². The summed E-state index contributed by atoms with van der Waals surface area (Å²) in [7, 11) is 1.59. The lowest BCUT2D eigenvalue weighted by molar-refractivity contribution is -0.122. The first-order valence-corrected chi connectivity index (χ1v) is 7.71. The predicted molar refractivity (Wildman–Crippen MR) is 92.2 cm³/mol. The molecule has 2 rings (SSSR count). The Morgan fingerprint density at radius 3 is 2.26 bits per heavy atom. The van der Waals surface area contributed by atoms with Gasteiger partial charge in [0.1, 0.15) is 11.5 Å². The van der Waals surface area contributed by atoms with E-state index in [1.807, 2.05) is 36.4 Å². The predicted octanol–water partition coefficient (Wildman–Crippen LogP) is 4.22. The zero-order valence-electron chi connectivity index (χ0n) is 14.0. The van der Waals surface area contributed by atoms with Crippen molar-refractivity contribution in [2.75, 3.05) is 12.4 Å². The second-order valence-corrected chi connectivity index (χ2v) is 5.71. The molecule has 1 atom stereocenters. The number of benzene rings is 2. The molecule has 0 bridgehead atoms. The molecular formula is C19H23NO3. The molecule has 0 aromatic heterocycles. The number of methoxy groups -OCH3 is 1. The molecule has 0 aliphatic rings. The molecule has 0 saturated carbocycles. The SMILES string of the molecule is COc1cccc(OC(C)C(=O)Nc2ccc(C(C)C)cc2)c1. The highest BCUT2D eigenvalue weighted by molar-refractivity contribution is 5.94. The molecule has 0 heterocycles. The van der Waals surface area contributed by atoms with Gasteiger partial charge >= 0.3 is 0 Å². The lowest BCUT2D eigenvalue weighted by Crippen LogP contribution is -2.30. The van der Waals surface area contributed by atoms with Crippen molar-refractivity contribution in [3.63, 3.8) is 0 Å². The first-order valence-electron chi connectivity index (χ1n) is 7.71. The van der Waals surface area contributed by atoms with Crippen LogP contribution in [0.1, 0.15) is 32.3 Å². The molecule has 0 radical (unpaired) electrons. The molecule has 0 aliphatic carbocycles. The summed E-state index contributed by atoms with van der Waals surface area (Å²) in [6.07, 6.45) is -0.605. The third-order valence-corrected chi connectivity index (χ3v) is 3.57. The summed E-state index contributed by atoms with van der Waals surface area (Å²) in [4.78, 5) is 12.2. The van der Waals surface area contributed by atoms with Crippen LogP contribution in [0.2, 0.25) is 0 Å². The highest BCUT2D eigenvalue weighted by Crippen LogP contribution is 2.21. The van der Waals surface area contributed by atoms with Crippen LogP contribution in [-0.2, 0) is 4.79 Å². The first kappa shape index (κ1) is 16.9. The number of nitrogens with one attached hydrogen (secondary N) is 1. The van der Waals surface area contributed by atoms with E-state index in [1.54, 1.807) is 26.2 Å². The van der Waals surface area contributed by atoms with Gasteiger partial charge in [-0.1, -0.05) is 32.0 Å².